The molecule has 146 valence electrons. The standard InChI is InChI=1S/C19H20N4O4S/c20-18(24)17-15-5-3-11-22(15)19(25)23(17)13-9-7-12(8-10-13)14-4-1-2-6-16(14)28(21,26)27/h1-2,4,6-10,15,17H,3,5,11H2,(H2,20,24)(H2,21,26,27)/t15-,17?/m1/s1. The molecule has 2 atom stereocenters. The van der Waals surface area contributed by atoms with Gasteiger partial charge in [0.1, 0.15) is 6.04 Å². The van der Waals surface area contributed by atoms with Crippen LogP contribution in [0.2, 0.25) is 0 Å². The summed E-state index contributed by atoms with van der Waals surface area (Å²) < 4.78 is 23.7. The summed E-state index contributed by atoms with van der Waals surface area (Å²) in [6, 6.07) is 12.1. The van der Waals surface area contributed by atoms with E-state index in [2.05, 4.69) is 0 Å². The molecule has 2 saturated heterocycles. The number of urea groups is 1. The van der Waals surface area contributed by atoms with E-state index in [9.17, 15) is 18.0 Å². The number of nitrogens with zero attached hydrogens (tertiary/aromatic N) is 2. The normalized spacial score (nSPS) is 21.8. The first-order valence-electron chi connectivity index (χ1n) is 8.90. The van der Waals surface area contributed by atoms with Crippen LogP contribution in [0.1, 0.15) is 12.8 Å². The fourth-order valence-corrected chi connectivity index (χ4v) is 4.89. The van der Waals surface area contributed by atoms with E-state index >= 15 is 0 Å². The highest BCUT2D eigenvalue weighted by atomic mass is 32.2. The van der Waals surface area contributed by atoms with Gasteiger partial charge in [-0.3, -0.25) is 9.69 Å². The number of rotatable bonds is 4. The van der Waals surface area contributed by atoms with Crippen molar-refractivity contribution in [3.05, 3.63) is 48.5 Å². The van der Waals surface area contributed by atoms with Crippen molar-refractivity contribution in [2.75, 3.05) is 11.4 Å². The Labute approximate surface area is 162 Å². The van der Waals surface area contributed by atoms with Gasteiger partial charge < -0.3 is 10.6 Å². The second-order valence-electron chi connectivity index (χ2n) is 6.99. The minimum absolute atomic E-state index is 0.0238. The van der Waals surface area contributed by atoms with E-state index in [0.717, 1.165) is 12.8 Å². The van der Waals surface area contributed by atoms with Gasteiger partial charge in [0.2, 0.25) is 15.9 Å². The van der Waals surface area contributed by atoms with Crippen LogP contribution in [0.25, 0.3) is 11.1 Å². The number of nitrogens with two attached hydrogens (primary N) is 2. The molecule has 4 rings (SSSR count). The first-order chi connectivity index (χ1) is 13.3. The third-order valence-electron chi connectivity index (χ3n) is 5.34. The van der Waals surface area contributed by atoms with Gasteiger partial charge in [0, 0.05) is 17.8 Å². The van der Waals surface area contributed by atoms with Crippen LogP contribution in [-0.4, -0.2) is 43.9 Å². The second kappa shape index (κ2) is 6.61. The van der Waals surface area contributed by atoms with Crippen molar-refractivity contribution < 1.29 is 18.0 Å². The topological polar surface area (TPSA) is 127 Å². The van der Waals surface area contributed by atoms with E-state index in [4.69, 9.17) is 10.9 Å². The van der Waals surface area contributed by atoms with Gasteiger partial charge >= 0.3 is 6.03 Å². The molecule has 28 heavy (non-hydrogen) atoms. The molecule has 2 aliphatic heterocycles. The molecule has 2 aromatic carbocycles. The monoisotopic (exact) mass is 400 g/mol. The zero-order valence-electron chi connectivity index (χ0n) is 15.0. The van der Waals surface area contributed by atoms with Crippen LogP contribution in [0.3, 0.4) is 0 Å². The fraction of sp³-hybridized carbons (Fsp3) is 0.263. The van der Waals surface area contributed by atoms with Crippen LogP contribution in [0, 0.1) is 0 Å². The van der Waals surface area contributed by atoms with E-state index in [1.807, 2.05) is 0 Å². The van der Waals surface area contributed by atoms with E-state index < -0.39 is 22.0 Å². The number of primary sulfonamides is 1. The van der Waals surface area contributed by atoms with Crippen LogP contribution >= 0.6 is 0 Å². The summed E-state index contributed by atoms with van der Waals surface area (Å²) in [5.74, 6) is -0.536. The van der Waals surface area contributed by atoms with Gasteiger partial charge in [-0.15, -0.1) is 0 Å². The number of hydrogen-bond acceptors (Lipinski definition) is 4. The van der Waals surface area contributed by atoms with Gasteiger partial charge in [0.15, 0.2) is 0 Å². The van der Waals surface area contributed by atoms with E-state index in [0.29, 0.717) is 23.4 Å². The largest absolute Gasteiger partial charge is 0.368 e. The molecule has 9 heteroatoms. The summed E-state index contributed by atoms with van der Waals surface area (Å²) in [5, 5.41) is 5.31. The number of anilines is 1. The highest BCUT2D eigenvalue weighted by Gasteiger charge is 2.51. The Morgan fingerprint density at radius 1 is 1.07 bits per heavy atom. The van der Waals surface area contributed by atoms with E-state index in [-0.39, 0.29) is 17.0 Å². The summed E-state index contributed by atoms with van der Waals surface area (Å²) >= 11 is 0. The van der Waals surface area contributed by atoms with Crippen molar-refractivity contribution in [1.82, 2.24) is 4.90 Å². The Balaban J connectivity index is 1.72. The predicted molar refractivity (Wildman–Crippen MR) is 104 cm³/mol. The summed E-state index contributed by atoms with van der Waals surface area (Å²) in [5.41, 5.74) is 7.24. The fourth-order valence-electron chi connectivity index (χ4n) is 4.13. The van der Waals surface area contributed by atoms with E-state index in [1.165, 1.54) is 11.0 Å². The average molecular weight is 400 g/mol. The van der Waals surface area contributed by atoms with Crippen molar-refractivity contribution in [2.24, 2.45) is 10.9 Å². The number of fused-ring (bicyclic) bond motifs is 1. The van der Waals surface area contributed by atoms with Gasteiger partial charge in [0.25, 0.3) is 0 Å². The minimum Gasteiger partial charge on any atom is -0.368 e. The molecule has 3 amide bonds. The molecular formula is C19H20N4O4S. The molecule has 8 nitrogen and oxygen atoms in total. The molecule has 2 aliphatic rings. The highest BCUT2D eigenvalue weighted by molar-refractivity contribution is 7.89. The van der Waals surface area contributed by atoms with Crippen LogP contribution in [-0.2, 0) is 14.8 Å². The Bertz CT molecular complexity index is 1050. The predicted octanol–water partition coefficient (Wildman–Crippen LogP) is 1.26. The number of benzene rings is 2. The molecule has 0 radical (unpaired) electrons. The van der Waals surface area contributed by atoms with Crippen molar-refractivity contribution in [3.8, 4) is 11.1 Å². The molecule has 1 unspecified atom stereocenters. The lowest BCUT2D eigenvalue weighted by molar-refractivity contribution is -0.119. The third-order valence-corrected chi connectivity index (χ3v) is 6.30. The Kier molecular flexibility index (Phi) is 4.35. The maximum Gasteiger partial charge on any atom is 0.325 e. The number of primary amides is 1. The summed E-state index contributed by atoms with van der Waals surface area (Å²) in [7, 11) is -3.88. The van der Waals surface area contributed by atoms with Crippen LogP contribution in [0.4, 0.5) is 10.5 Å². The lowest BCUT2D eigenvalue weighted by Crippen LogP contribution is -2.46. The van der Waals surface area contributed by atoms with Crippen LogP contribution in [0.15, 0.2) is 53.4 Å². The second-order valence-corrected chi connectivity index (χ2v) is 8.52. The lowest BCUT2D eigenvalue weighted by atomic mass is 10.0. The van der Waals surface area contributed by atoms with Gasteiger partial charge in [-0.2, -0.15) is 0 Å². The molecule has 2 aromatic rings. The molecule has 0 aromatic heterocycles. The van der Waals surface area contributed by atoms with Gasteiger partial charge in [-0.1, -0.05) is 30.3 Å². The summed E-state index contributed by atoms with van der Waals surface area (Å²) in [6.07, 6.45) is 1.60. The van der Waals surface area contributed by atoms with Crippen molar-refractivity contribution in [3.63, 3.8) is 0 Å². The molecule has 4 N–H and O–H groups in total. The van der Waals surface area contributed by atoms with Crippen molar-refractivity contribution in [2.45, 2.75) is 29.8 Å². The molecule has 2 fully saturated rings. The summed E-state index contributed by atoms with van der Waals surface area (Å²) in [6.45, 7) is 0.615. The minimum atomic E-state index is -3.88. The summed E-state index contributed by atoms with van der Waals surface area (Å²) in [4.78, 5) is 28.0. The quantitative estimate of drug-likeness (QED) is 0.801. The molecule has 0 bridgehead atoms. The average Bonchev–Trinajstić information content (AvgIpc) is 3.23. The van der Waals surface area contributed by atoms with E-state index in [1.54, 1.807) is 47.4 Å². The number of hydrogen-bond donors (Lipinski definition) is 2. The van der Waals surface area contributed by atoms with Gasteiger partial charge in [-0.05, 0) is 36.6 Å². The number of carbonyl (C=O) groups is 2. The zero-order chi connectivity index (χ0) is 20.1. The van der Waals surface area contributed by atoms with Crippen molar-refractivity contribution >= 4 is 27.6 Å². The molecule has 0 spiro atoms. The lowest BCUT2D eigenvalue weighted by Gasteiger charge is -2.23. The van der Waals surface area contributed by atoms with Crippen LogP contribution < -0.4 is 15.8 Å². The Morgan fingerprint density at radius 3 is 2.39 bits per heavy atom. The Hall–Kier alpha value is -2.91. The third kappa shape index (κ3) is 2.92. The smallest absolute Gasteiger partial charge is 0.325 e. The molecule has 0 saturated carbocycles. The number of amides is 3. The highest BCUT2D eigenvalue weighted by Crippen LogP contribution is 2.36. The van der Waals surface area contributed by atoms with Gasteiger partial charge in [0.05, 0.1) is 10.9 Å². The van der Waals surface area contributed by atoms with Gasteiger partial charge in [-0.25, -0.2) is 18.4 Å². The SMILES string of the molecule is NC(=O)C1[C@H]2CCCN2C(=O)N1c1ccc(-c2ccccc2S(N)(=O)=O)cc1. The first-order valence-corrected chi connectivity index (χ1v) is 10.4. The molecule has 2 heterocycles. The number of sulfonamides is 1. The maximum absolute atomic E-state index is 12.8. The first kappa shape index (κ1) is 18.5. The molecule has 0 aliphatic carbocycles. The maximum atomic E-state index is 12.8. The zero-order valence-corrected chi connectivity index (χ0v) is 15.8. The number of carbonyl (C=O) groups excluding carboxylic acids is 2. The Morgan fingerprint density at radius 2 is 1.75 bits per heavy atom. The molecular weight excluding hydrogens is 380 g/mol. The van der Waals surface area contributed by atoms with Crippen molar-refractivity contribution in [1.29, 1.82) is 0 Å². The van der Waals surface area contributed by atoms with Crippen LogP contribution in [0.5, 0.6) is 0 Å².